The van der Waals surface area contributed by atoms with Crippen LogP contribution in [0.4, 0.5) is 0 Å². The van der Waals surface area contributed by atoms with Gasteiger partial charge in [-0.15, -0.1) is 0 Å². The van der Waals surface area contributed by atoms with Gasteiger partial charge in [0.05, 0.1) is 6.07 Å². The van der Waals surface area contributed by atoms with E-state index in [1.807, 2.05) is 0 Å². The monoisotopic (exact) mass is 166 g/mol. The third-order valence-corrected chi connectivity index (χ3v) is 2.82. The lowest BCUT2D eigenvalue weighted by atomic mass is 9.92. The third-order valence-electron chi connectivity index (χ3n) is 2.82. The number of hydrogen-bond donors (Lipinski definition) is 0. The van der Waals surface area contributed by atoms with Crippen LogP contribution < -0.4 is 0 Å². The predicted molar refractivity (Wildman–Crippen MR) is 49.7 cm³/mol. The van der Waals surface area contributed by atoms with Crippen molar-refractivity contribution in [1.29, 1.82) is 5.26 Å². The zero-order valence-electron chi connectivity index (χ0n) is 7.92. The number of rotatable bonds is 3. The molecule has 2 heteroatoms. The minimum atomic E-state index is 0.747. The second-order valence-electron chi connectivity index (χ2n) is 3.57. The molecular weight excluding hydrogens is 148 g/mol. The summed E-state index contributed by atoms with van der Waals surface area (Å²) in [6, 6.07) is 2.23. The number of nitrogens with zero attached hydrogens (tertiary/aromatic N) is 2. The molecule has 0 amide bonds. The van der Waals surface area contributed by atoms with Crippen LogP contribution in [-0.2, 0) is 0 Å². The van der Waals surface area contributed by atoms with E-state index in [0.29, 0.717) is 0 Å². The van der Waals surface area contributed by atoms with Crippen molar-refractivity contribution < 1.29 is 0 Å². The van der Waals surface area contributed by atoms with Crippen molar-refractivity contribution in [2.45, 2.75) is 32.6 Å². The summed E-state index contributed by atoms with van der Waals surface area (Å²) in [4.78, 5) is 2.49. The van der Waals surface area contributed by atoms with Gasteiger partial charge in [0, 0.05) is 6.42 Å². The first-order chi connectivity index (χ1) is 5.86. The zero-order chi connectivity index (χ0) is 8.81. The molecule has 1 rings (SSSR count). The Hall–Kier alpha value is -0.550. The second-order valence-corrected chi connectivity index (χ2v) is 3.57. The first kappa shape index (κ1) is 9.54. The van der Waals surface area contributed by atoms with Crippen LogP contribution in [0.1, 0.15) is 32.6 Å². The average molecular weight is 166 g/mol. The van der Waals surface area contributed by atoms with Crippen molar-refractivity contribution in [3.8, 4) is 6.07 Å². The topological polar surface area (TPSA) is 27.0 Å². The molecule has 0 saturated carbocycles. The first-order valence-corrected chi connectivity index (χ1v) is 4.96. The van der Waals surface area contributed by atoms with Crippen LogP contribution in [0.3, 0.4) is 0 Å². The van der Waals surface area contributed by atoms with Gasteiger partial charge in [0.1, 0.15) is 0 Å². The van der Waals surface area contributed by atoms with E-state index in [1.165, 1.54) is 32.5 Å². The van der Waals surface area contributed by atoms with Gasteiger partial charge in [-0.25, -0.2) is 0 Å². The molecule has 2 nitrogen and oxygen atoms in total. The summed E-state index contributed by atoms with van der Waals surface area (Å²) in [6.07, 6.45) is 4.47. The Bertz CT molecular complexity index is 152. The van der Waals surface area contributed by atoms with Crippen LogP contribution in [0.25, 0.3) is 0 Å². The Morgan fingerprint density at radius 3 is 2.58 bits per heavy atom. The summed E-state index contributed by atoms with van der Waals surface area (Å²) in [5.41, 5.74) is 0. The molecule has 0 atom stereocenters. The van der Waals surface area contributed by atoms with E-state index in [2.05, 4.69) is 17.9 Å². The van der Waals surface area contributed by atoms with Crippen molar-refractivity contribution in [2.24, 2.45) is 5.92 Å². The van der Waals surface area contributed by atoms with Gasteiger partial charge in [0.2, 0.25) is 0 Å². The van der Waals surface area contributed by atoms with E-state index in [9.17, 15) is 0 Å². The van der Waals surface area contributed by atoms with Gasteiger partial charge in [-0.3, -0.25) is 0 Å². The van der Waals surface area contributed by atoms with Gasteiger partial charge < -0.3 is 4.90 Å². The fourth-order valence-electron chi connectivity index (χ4n) is 1.86. The van der Waals surface area contributed by atoms with Crippen LogP contribution in [0.2, 0.25) is 0 Å². The molecule has 0 N–H and O–H groups in total. The third kappa shape index (κ3) is 2.83. The lowest BCUT2D eigenvalue weighted by molar-refractivity contribution is 0.188. The minimum absolute atomic E-state index is 0.747. The van der Waals surface area contributed by atoms with Crippen LogP contribution in [0.15, 0.2) is 0 Å². The lowest BCUT2D eigenvalue weighted by Crippen LogP contribution is -2.33. The maximum atomic E-state index is 8.43. The summed E-state index contributed by atoms with van der Waals surface area (Å²) in [6.45, 7) is 5.89. The molecule has 68 valence electrons. The summed E-state index contributed by atoms with van der Waals surface area (Å²) < 4.78 is 0. The Labute approximate surface area is 75.2 Å². The molecule has 0 bridgehead atoms. The molecule has 1 heterocycles. The van der Waals surface area contributed by atoms with Crippen LogP contribution in [0, 0.1) is 17.2 Å². The molecule has 0 aromatic rings. The number of nitriles is 1. The zero-order valence-corrected chi connectivity index (χ0v) is 7.92. The van der Waals surface area contributed by atoms with Gasteiger partial charge in [-0.1, -0.05) is 6.92 Å². The molecule has 1 aliphatic rings. The summed E-state index contributed by atoms with van der Waals surface area (Å²) >= 11 is 0. The molecule has 1 fully saturated rings. The SMILES string of the molecule is CCN1CCC(CCC#N)CC1. The van der Waals surface area contributed by atoms with Crippen LogP contribution in [0.5, 0.6) is 0 Å². The van der Waals surface area contributed by atoms with Gasteiger partial charge in [0.15, 0.2) is 0 Å². The number of piperidine rings is 1. The average Bonchev–Trinajstić information content (AvgIpc) is 2.15. The molecule has 0 radical (unpaired) electrons. The van der Waals surface area contributed by atoms with Crippen molar-refractivity contribution in [3.05, 3.63) is 0 Å². The number of hydrogen-bond acceptors (Lipinski definition) is 2. The Balaban J connectivity index is 2.14. The van der Waals surface area contributed by atoms with Crippen molar-refractivity contribution >= 4 is 0 Å². The Morgan fingerprint density at radius 2 is 2.08 bits per heavy atom. The van der Waals surface area contributed by atoms with Crippen molar-refractivity contribution in [2.75, 3.05) is 19.6 Å². The maximum absolute atomic E-state index is 8.43. The quantitative estimate of drug-likeness (QED) is 0.641. The predicted octanol–water partition coefficient (Wildman–Crippen LogP) is 2.02. The lowest BCUT2D eigenvalue weighted by Gasteiger charge is -2.30. The highest BCUT2D eigenvalue weighted by atomic mass is 15.1. The minimum Gasteiger partial charge on any atom is -0.304 e. The summed E-state index contributed by atoms with van der Waals surface area (Å²) in [7, 11) is 0. The van der Waals surface area contributed by atoms with E-state index in [1.54, 1.807) is 0 Å². The summed E-state index contributed by atoms with van der Waals surface area (Å²) in [5.74, 6) is 0.826. The van der Waals surface area contributed by atoms with Gasteiger partial charge in [-0.2, -0.15) is 5.26 Å². The fourth-order valence-corrected chi connectivity index (χ4v) is 1.86. The smallest absolute Gasteiger partial charge is 0.0621 e. The molecule has 0 aromatic carbocycles. The number of likely N-dealkylation sites (tertiary alicyclic amines) is 1. The first-order valence-electron chi connectivity index (χ1n) is 4.96. The van der Waals surface area contributed by atoms with Crippen molar-refractivity contribution in [1.82, 2.24) is 4.90 Å². The van der Waals surface area contributed by atoms with Gasteiger partial charge >= 0.3 is 0 Å². The molecule has 1 aliphatic heterocycles. The second kappa shape index (κ2) is 5.16. The Morgan fingerprint density at radius 1 is 1.42 bits per heavy atom. The molecule has 0 aromatic heterocycles. The van der Waals surface area contributed by atoms with E-state index < -0.39 is 0 Å². The fraction of sp³-hybridized carbons (Fsp3) is 0.900. The normalized spacial score (nSPS) is 20.7. The van der Waals surface area contributed by atoms with E-state index in [-0.39, 0.29) is 0 Å². The largest absolute Gasteiger partial charge is 0.304 e. The van der Waals surface area contributed by atoms with Crippen LogP contribution in [-0.4, -0.2) is 24.5 Å². The summed E-state index contributed by atoms with van der Waals surface area (Å²) in [5, 5.41) is 8.43. The molecule has 12 heavy (non-hydrogen) atoms. The Kier molecular flexibility index (Phi) is 4.10. The molecule has 0 aliphatic carbocycles. The molecule has 0 unspecified atom stereocenters. The highest BCUT2D eigenvalue weighted by Gasteiger charge is 2.16. The standard InChI is InChI=1S/C10H18N2/c1-2-12-8-5-10(6-9-12)4-3-7-11/h10H,2-6,8-9H2,1H3. The maximum Gasteiger partial charge on any atom is 0.0621 e. The molecule has 0 spiro atoms. The van der Waals surface area contributed by atoms with E-state index in [4.69, 9.17) is 5.26 Å². The van der Waals surface area contributed by atoms with Gasteiger partial charge in [0.25, 0.3) is 0 Å². The van der Waals surface area contributed by atoms with Crippen molar-refractivity contribution in [3.63, 3.8) is 0 Å². The highest BCUT2D eigenvalue weighted by Crippen LogP contribution is 2.20. The van der Waals surface area contributed by atoms with Gasteiger partial charge in [-0.05, 0) is 44.8 Å². The van der Waals surface area contributed by atoms with E-state index in [0.717, 1.165) is 18.8 Å². The highest BCUT2D eigenvalue weighted by molar-refractivity contribution is 4.76. The van der Waals surface area contributed by atoms with E-state index >= 15 is 0 Å². The molecule has 1 saturated heterocycles. The van der Waals surface area contributed by atoms with Crippen LogP contribution >= 0.6 is 0 Å². The molecular formula is C10H18N2.